The molecule has 3 aromatic rings. The first-order valence-corrected chi connectivity index (χ1v) is 16.2. The molecule has 3 aliphatic rings. The van der Waals surface area contributed by atoms with E-state index in [4.69, 9.17) is 0 Å². The second-order valence-corrected chi connectivity index (χ2v) is 12.5. The summed E-state index contributed by atoms with van der Waals surface area (Å²) in [5.41, 5.74) is 2.37. The van der Waals surface area contributed by atoms with Crippen molar-refractivity contribution >= 4 is 34.7 Å². The molecule has 0 radical (unpaired) electrons. The van der Waals surface area contributed by atoms with Crippen LogP contribution in [0.3, 0.4) is 0 Å². The third kappa shape index (κ3) is 6.75. The minimum Gasteiger partial charge on any atom is -0.339 e. The van der Waals surface area contributed by atoms with E-state index < -0.39 is 24.2 Å². The summed E-state index contributed by atoms with van der Waals surface area (Å²) in [6, 6.07) is 20.7. The summed E-state index contributed by atoms with van der Waals surface area (Å²) >= 11 is 0. The number of halogens is 2. The molecular weight excluding hydrogens is 586 g/mol. The van der Waals surface area contributed by atoms with Crippen LogP contribution in [0.2, 0.25) is 0 Å². The number of hydrogen-bond acceptors (Lipinski definition) is 4. The van der Waals surface area contributed by atoms with Crippen LogP contribution in [-0.4, -0.2) is 72.2 Å². The van der Waals surface area contributed by atoms with Gasteiger partial charge < -0.3 is 20.0 Å². The van der Waals surface area contributed by atoms with Crippen LogP contribution >= 0.6 is 0 Å². The van der Waals surface area contributed by atoms with Crippen LogP contribution in [0, 0.1) is 6.92 Å². The number of hydrogen-bond donors (Lipinski definition) is 1. The number of alkyl halides is 2. The second-order valence-electron chi connectivity index (χ2n) is 12.5. The number of piperidine rings is 2. The number of nitrogens with zero attached hydrogens (tertiary/aromatic N) is 3. The summed E-state index contributed by atoms with van der Waals surface area (Å²) in [5.74, 6) is -4.42. The number of fused-ring (bicyclic) bond motifs is 1. The number of likely N-dealkylation sites (tertiary alicyclic amines) is 2. The Hall–Kier alpha value is -4.37. The third-order valence-electron chi connectivity index (χ3n) is 9.50. The zero-order valence-electron chi connectivity index (χ0n) is 26.2. The first-order chi connectivity index (χ1) is 22.2. The van der Waals surface area contributed by atoms with E-state index >= 15 is 8.78 Å². The molecule has 1 N–H and O–H groups in total. The van der Waals surface area contributed by atoms with Gasteiger partial charge in [0.25, 0.3) is 17.7 Å². The molecule has 0 atom stereocenters. The molecule has 2 fully saturated rings. The Morgan fingerprint density at radius 3 is 2.22 bits per heavy atom. The zero-order chi connectivity index (χ0) is 32.3. The van der Waals surface area contributed by atoms with Gasteiger partial charge in [-0.3, -0.25) is 14.4 Å². The lowest BCUT2D eigenvalue weighted by atomic mass is 9.96. The van der Waals surface area contributed by atoms with Gasteiger partial charge in [0, 0.05) is 66.1 Å². The number of aryl methyl sites for hydroxylation is 1. The molecule has 3 amide bonds. The highest BCUT2D eigenvalue weighted by molar-refractivity contribution is 6.10. The summed E-state index contributed by atoms with van der Waals surface area (Å²) in [7, 11) is 0. The highest BCUT2D eigenvalue weighted by atomic mass is 19.3. The van der Waals surface area contributed by atoms with E-state index in [1.807, 2.05) is 19.1 Å². The highest BCUT2D eigenvalue weighted by Gasteiger charge is 2.42. The lowest BCUT2D eigenvalue weighted by Crippen LogP contribution is -2.48. The topological polar surface area (TPSA) is 73.0 Å². The average molecular weight is 627 g/mol. The minimum atomic E-state index is -3.31. The molecule has 6 rings (SSSR count). The summed E-state index contributed by atoms with van der Waals surface area (Å²) in [6.45, 7) is 4.91. The number of carbonyl (C=O) groups is 3. The van der Waals surface area contributed by atoms with Crippen molar-refractivity contribution in [3.8, 4) is 0 Å². The second kappa shape index (κ2) is 13.5. The number of rotatable bonds is 5. The van der Waals surface area contributed by atoms with E-state index in [0.717, 1.165) is 37.6 Å². The van der Waals surface area contributed by atoms with Gasteiger partial charge in [0.15, 0.2) is 0 Å². The van der Waals surface area contributed by atoms with Gasteiger partial charge in [-0.05, 0) is 87.7 Å². The smallest absolute Gasteiger partial charge is 0.275 e. The van der Waals surface area contributed by atoms with Crippen LogP contribution in [0.4, 0.5) is 20.2 Å². The fraction of sp³-hybridized carbons (Fsp3) is 0.378. The number of nitrogens with one attached hydrogen (secondary N) is 1. The largest absolute Gasteiger partial charge is 0.339 e. The Balaban J connectivity index is 1.19. The first-order valence-electron chi connectivity index (χ1n) is 16.2. The maximum absolute atomic E-state index is 15.8. The molecule has 0 aromatic heterocycles. The number of amides is 3. The van der Waals surface area contributed by atoms with Crippen molar-refractivity contribution in [2.24, 2.45) is 0 Å². The summed E-state index contributed by atoms with van der Waals surface area (Å²) < 4.78 is 31.6. The van der Waals surface area contributed by atoms with Crippen molar-refractivity contribution in [3.05, 3.63) is 101 Å². The van der Waals surface area contributed by atoms with Gasteiger partial charge in [0.2, 0.25) is 5.91 Å². The molecule has 0 spiro atoms. The van der Waals surface area contributed by atoms with Crippen LogP contribution in [0.25, 0.3) is 5.57 Å². The van der Waals surface area contributed by atoms with Crippen molar-refractivity contribution in [3.63, 3.8) is 0 Å². The summed E-state index contributed by atoms with van der Waals surface area (Å²) in [4.78, 5) is 45.5. The molecule has 240 valence electrons. The Kier molecular flexibility index (Phi) is 9.31. The Morgan fingerprint density at radius 1 is 0.826 bits per heavy atom. The van der Waals surface area contributed by atoms with Crippen molar-refractivity contribution in [1.29, 1.82) is 0 Å². The van der Waals surface area contributed by atoms with E-state index in [9.17, 15) is 14.4 Å². The van der Waals surface area contributed by atoms with Gasteiger partial charge in [-0.25, -0.2) is 8.78 Å². The number of benzene rings is 3. The molecule has 7 nitrogen and oxygen atoms in total. The van der Waals surface area contributed by atoms with Crippen molar-refractivity contribution in [2.75, 3.05) is 42.9 Å². The fourth-order valence-corrected chi connectivity index (χ4v) is 6.86. The normalized spacial score (nSPS) is 19.8. The van der Waals surface area contributed by atoms with Gasteiger partial charge in [-0.1, -0.05) is 42.8 Å². The maximum atomic E-state index is 15.8. The van der Waals surface area contributed by atoms with Gasteiger partial charge in [-0.15, -0.1) is 0 Å². The van der Waals surface area contributed by atoms with E-state index in [0.29, 0.717) is 41.6 Å². The SMILES string of the molecule is Cc1ccccc1C(=O)Nc1ccc(C(=O)N2CCC(F)(F)C(=CC(=O)N3CCC(N4CCCCC4)CC3)c3ccccc32)cc1. The molecule has 0 bridgehead atoms. The summed E-state index contributed by atoms with van der Waals surface area (Å²) in [5, 5.41) is 2.84. The average Bonchev–Trinajstić information content (AvgIpc) is 3.18. The zero-order valence-corrected chi connectivity index (χ0v) is 26.2. The fourth-order valence-electron chi connectivity index (χ4n) is 6.86. The van der Waals surface area contributed by atoms with E-state index in [-0.39, 0.29) is 23.6 Å². The number of carbonyl (C=O) groups excluding carboxylic acids is 3. The Bertz CT molecular complexity index is 1620. The van der Waals surface area contributed by atoms with Gasteiger partial charge in [0.05, 0.1) is 5.69 Å². The maximum Gasteiger partial charge on any atom is 0.275 e. The van der Waals surface area contributed by atoms with E-state index in [1.54, 1.807) is 65.6 Å². The standard InChI is InChI=1S/C37H40F2N4O3/c1-26-9-3-4-10-30(26)35(45)40-28-15-13-27(14-16-28)36(46)43-24-19-37(38,39)32(31-11-5-6-12-33(31)43)25-34(44)42-22-17-29(18-23-42)41-20-7-2-8-21-41/h3-6,9-16,25,29H,2,7-8,17-24H2,1H3,(H,40,45). The van der Waals surface area contributed by atoms with Crippen LogP contribution in [0.1, 0.15) is 70.4 Å². The van der Waals surface area contributed by atoms with Crippen molar-refractivity contribution < 1.29 is 23.2 Å². The molecule has 9 heteroatoms. The molecule has 0 saturated carbocycles. The highest BCUT2D eigenvalue weighted by Crippen LogP contribution is 2.43. The first kappa shape index (κ1) is 31.6. The monoisotopic (exact) mass is 626 g/mol. The minimum absolute atomic E-state index is 0.178. The molecule has 46 heavy (non-hydrogen) atoms. The Morgan fingerprint density at radius 2 is 1.50 bits per heavy atom. The molecule has 0 unspecified atom stereocenters. The van der Waals surface area contributed by atoms with Gasteiger partial charge >= 0.3 is 0 Å². The van der Waals surface area contributed by atoms with E-state index in [2.05, 4.69) is 10.2 Å². The van der Waals surface area contributed by atoms with Gasteiger partial charge in [-0.2, -0.15) is 0 Å². The predicted molar refractivity (Wildman–Crippen MR) is 176 cm³/mol. The molecular formula is C37H40F2N4O3. The number of para-hydroxylation sites is 1. The molecule has 3 aliphatic heterocycles. The number of anilines is 2. The third-order valence-corrected chi connectivity index (χ3v) is 9.50. The van der Waals surface area contributed by atoms with Crippen molar-refractivity contribution in [1.82, 2.24) is 9.80 Å². The Labute approximate surface area is 268 Å². The lowest BCUT2D eigenvalue weighted by Gasteiger charge is -2.40. The van der Waals surface area contributed by atoms with Crippen LogP contribution in [-0.2, 0) is 4.79 Å². The van der Waals surface area contributed by atoms with Gasteiger partial charge in [0.1, 0.15) is 0 Å². The van der Waals surface area contributed by atoms with Crippen LogP contribution < -0.4 is 10.2 Å². The van der Waals surface area contributed by atoms with E-state index in [1.165, 1.54) is 24.2 Å². The molecule has 2 saturated heterocycles. The summed E-state index contributed by atoms with van der Waals surface area (Å²) in [6.07, 6.45) is 5.85. The molecule has 3 aromatic carbocycles. The van der Waals surface area contributed by atoms with Crippen LogP contribution in [0.15, 0.2) is 78.9 Å². The quantitative estimate of drug-likeness (QED) is 0.317. The molecule has 3 heterocycles. The van der Waals surface area contributed by atoms with Crippen molar-refractivity contribution in [2.45, 2.75) is 57.4 Å². The molecule has 0 aliphatic carbocycles. The predicted octanol–water partition coefficient (Wildman–Crippen LogP) is 6.79. The lowest BCUT2D eigenvalue weighted by molar-refractivity contribution is -0.127. The van der Waals surface area contributed by atoms with Crippen LogP contribution in [0.5, 0.6) is 0 Å². The number of allylic oxidation sites excluding steroid dienone is 1.